The van der Waals surface area contributed by atoms with Gasteiger partial charge in [0.05, 0.1) is 6.10 Å². The number of benzene rings is 2. The molecule has 1 N–H and O–H groups in total. The van der Waals surface area contributed by atoms with E-state index in [9.17, 15) is 13.9 Å². The highest BCUT2D eigenvalue weighted by molar-refractivity contribution is 6.30. The van der Waals surface area contributed by atoms with E-state index >= 15 is 0 Å². The van der Waals surface area contributed by atoms with E-state index < -0.39 is 17.7 Å². The fourth-order valence-corrected chi connectivity index (χ4v) is 1.90. The van der Waals surface area contributed by atoms with Crippen LogP contribution in [0.2, 0.25) is 5.02 Å². The Morgan fingerprint density at radius 3 is 2.55 bits per heavy atom. The van der Waals surface area contributed by atoms with E-state index in [2.05, 4.69) is 0 Å². The van der Waals surface area contributed by atoms with Gasteiger partial charge >= 0.3 is 0 Å². The van der Waals surface area contributed by atoms with Crippen molar-refractivity contribution in [3.8, 4) is 5.75 Å². The monoisotopic (exact) mass is 298 g/mol. The third kappa shape index (κ3) is 3.46. The molecule has 2 nitrogen and oxygen atoms in total. The Morgan fingerprint density at radius 2 is 1.90 bits per heavy atom. The van der Waals surface area contributed by atoms with Gasteiger partial charge < -0.3 is 9.84 Å². The van der Waals surface area contributed by atoms with Crippen molar-refractivity contribution in [2.24, 2.45) is 0 Å². The summed E-state index contributed by atoms with van der Waals surface area (Å²) >= 11 is 5.76. The quantitative estimate of drug-likeness (QED) is 0.914. The number of aliphatic hydroxyl groups is 1. The predicted molar refractivity (Wildman–Crippen MR) is 72.8 cm³/mol. The Kier molecular flexibility index (Phi) is 4.57. The molecule has 106 valence electrons. The van der Waals surface area contributed by atoms with Gasteiger partial charge in [-0.15, -0.1) is 0 Å². The molecule has 0 aliphatic rings. The highest BCUT2D eigenvalue weighted by Crippen LogP contribution is 2.24. The second kappa shape index (κ2) is 6.20. The zero-order valence-electron chi connectivity index (χ0n) is 10.7. The lowest BCUT2D eigenvalue weighted by atomic mass is 10.1. The molecule has 0 aliphatic heterocycles. The van der Waals surface area contributed by atoms with Crippen molar-refractivity contribution in [3.63, 3.8) is 0 Å². The molecule has 0 heterocycles. The summed E-state index contributed by atoms with van der Waals surface area (Å²) in [6, 6.07) is 8.23. The minimum atomic E-state index is -0.760. The van der Waals surface area contributed by atoms with Crippen LogP contribution in [0.3, 0.4) is 0 Å². The van der Waals surface area contributed by atoms with Crippen LogP contribution >= 0.6 is 11.6 Å². The summed E-state index contributed by atoms with van der Waals surface area (Å²) in [5.41, 5.74) is 0.695. The maximum Gasteiger partial charge on any atom is 0.165 e. The second-order valence-electron chi connectivity index (χ2n) is 4.39. The van der Waals surface area contributed by atoms with Gasteiger partial charge in [0.15, 0.2) is 11.6 Å². The lowest BCUT2D eigenvalue weighted by molar-refractivity contribution is 0.198. The fourth-order valence-electron chi connectivity index (χ4n) is 1.70. The van der Waals surface area contributed by atoms with Crippen LogP contribution in [0.25, 0.3) is 0 Å². The number of halogens is 3. The molecule has 2 rings (SSSR count). The van der Waals surface area contributed by atoms with Gasteiger partial charge in [0.1, 0.15) is 12.4 Å². The van der Waals surface area contributed by atoms with E-state index in [1.807, 2.05) is 0 Å². The van der Waals surface area contributed by atoms with Gasteiger partial charge in [-0.3, -0.25) is 0 Å². The average molecular weight is 299 g/mol. The molecule has 0 fully saturated rings. The fraction of sp³-hybridized carbons (Fsp3) is 0.200. The molecule has 0 amide bonds. The number of hydrogen-bond donors (Lipinski definition) is 1. The summed E-state index contributed by atoms with van der Waals surface area (Å²) < 4.78 is 32.5. The van der Waals surface area contributed by atoms with Gasteiger partial charge in [-0.25, -0.2) is 8.78 Å². The van der Waals surface area contributed by atoms with Crippen molar-refractivity contribution < 1.29 is 18.6 Å². The Bertz CT molecular complexity index is 615. The molecule has 0 aromatic heterocycles. The molecule has 0 saturated heterocycles. The second-order valence-corrected chi connectivity index (χ2v) is 4.83. The smallest absolute Gasteiger partial charge is 0.165 e. The van der Waals surface area contributed by atoms with Crippen LogP contribution in [0, 0.1) is 11.6 Å². The molecular formula is C15H13ClF2O2. The van der Waals surface area contributed by atoms with Crippen LogP contribution in [0.4, 0.5) is 8.78 Å². The van der Waals surface area contributed by atoms with Gasteiger partial charge in [-0.1, -0.05) is 17.7 Å². The number of rotatable bonds is 4. The first-order chi connectivity index (χ1) is 9.47. The summed E-state index contributed by atoms with van der Waals surface area (Å²) in [5.74, 6) is -1.07. The highest BCUT2D eigenvalue weighted by atomic mass is 35.5. The van der Waals surface area contributed by atoms with E-state index in [1.165, 1.54) is 37.3 Å². The number of hydrogen-bond acceptors (Lipinski definition) is 2. The van der Waals surface area contributed by atoms with E-state index in [0.717, 1.165) is 0 Å². The van der Waals surface area contributed by atoms with Crippen molar-refractivity contribution in [1.29, 1.82) is 0 Å². The first-order valence-corrected chi connectivity index (χ1v) is 6.39. The maximum absolute atomic E-state index is 13.7. The third-order valence-corrected chi connectivity index (χ3v) is 3.06. The Labute approximate surface area is 120 Å². The maximum atomic E-state index is 13.7. The summed E-state index contributed by atoms with van der Waals surface area (Å²) in [6.07, 6.45) is -0.760. The standard InChI is InChI=1S/C15H13ClF2O2/c1-9(19)10-2-5-15(14(18)7-10)20-8-11-6-12(16)3-4-13(11)17/h2-7,9,19H,8H2,1H3/t9-/m0/s1. The van der Waals surface area contributed by atoms with E-state index in [4.69, 9.17) is 16.3 Å². The molecule has 0 saturated carbocycles. The molecule has 0 aliphatic carbocycles. The largest absolute Gasteiger partial charge is 0.486 e. The van der Waals surface area contributed by atoms with Gasteiger partial charge in [0.25, 0.3) is 0 Å². The normalized spacial score (nSPS) is 12.2. The molecule has 0 unspecified atom stereocenters. The van der Waals surface area contributed by atoms with Crippen LogP contribution in [-0.2, 0) is 6.61 Å². The van der Waals surface area contributed by atoms with Crippen LogP contribution in [0.5, 0.6) is 5.75 Å². The van der Waals surface area contributed by atoms with E-state index in [0.29, 0.717) is 10.6 Å². The average Bonchev–Trinajstić information content (AvgIpc) is 2.40. The zero-order valence-corrected chi connectivity index (χ0v) is 11.5. The minimum absolute atomic E-state index is 0.00576. The lowest BCUT2D eigenvalue weighted by Gasteiger charge is -2.10. The zero-order chi connectivity index (χ0) is 14.7. The SMILES string of the molecule is C[C@H](O)c1ccc(OCc2cc(Cl)ccc2F)c(F)c1. The van der Waals surface area contributed by atoms with Crippen LogP contribution in [0.1, 0.15) is 24.2 Å². The van der Waals surface area contributed by atoms with Crippen LogP contribution < -0.4 is 4.74 Å². The molecule has 5 heteroatoms. The molecule has 2 aromatic rings. The first-order valence-electron chi connectivity index (χ1n) is 6.01. The van der Waals surface area contributed by atoms with Gasteiger partial charge in [0, 0.05) is 10.6 Å². The molecule has 0 bridgehead atoms. The molecule has 0 spiro atoms. The van der Waals surface area contributed by atoms with Gasteiger partial charge in [0.2, 0.25) is 0 Å². The number of ether oxygens (including phenoxy) is 1. The Balaban J connectivity index is 2.13. The van der Waals surface area contributed by atoms with Crippen molar-refractivity contribution in [2.75, 3.05) is 0 Å². The number of aliphatic hydroxyl groups excluding tert-OH is 1. The van der Waals surface area contributed by atoms with E-state index in [1.54, 1.807) is 6.07 Å². The summed E-state index contributed by atoms with van der Waals surface area (Å²) in [4.78, 5) is 0. The third-order valence-electron chi connectivity index (χ3n) is 2.83. The van der Waals surface area contributed by atoms with Crippen molar-refractivity contribution in [2.45, 2.75) is 19.6 Å². The molecule has 1 atom stereocenters. The van der Waals surface area contributed by atoms with Crippen molar-refractivity contribution in [3.05, 3.63) is 64.2 Å². The summed E-state index contributed by atoms with van der Waals surface area (Å²) in [6.45, 7) is 1.41. The van der Waals surface area contributed by atoms with Gasteiger partial charge in [-0.05, 0) is 42.8 Å². The van der Waals surface area contributed by atoms with E-state index in [-0.39, 0.29) is 17.9 Å². The molecule has 2 aromatic carbocycles. The Morgan fingerprint density at radius 1 is 1.15 bits per heavy atom. The minimum Gasteiger partial charge on any atom is -0.486 e. The van der Waals surface area contributed by atoms with Crippen molar-refractivity contribution in [1.82, 2.24) is 0 Å². The summed E-state index contributed by atoms with van der Waals surface area (Å²) in [5, 5.41) is 9.73. The summed E-state index contributed by atoms with van der Waals surface area (Å²) in [7, 11) is 0. The molecule has 20 heavy (non-hydrogen) atoms. The van der Waals surface area contributed by atoms with Crippen LogP contribution in [-0.4, -0.2) is 5.11 Å². The highest BCUT2D eigenvalue weighted by Gasteiger charge is 2.10. The lowest BCUT2D eigenvalue weighted by Crippen LogP contribution is -2.01. The van der Waals surface area contributed by atoms with Crippen molar-refractivity contribution >= 4 is 11.6 Å². The molecule has 0 radical (unpaired) electrons. The first kappa shape index (κ1) is 14.8. The topological polar surface area (TPSA) is 29.5 Å². The predicted octanol–water partition coefficient (Wildman–Crippen LogP) is 4.25. The molecular weight excluding hydrogens is 286 g/mol. The Hall–Kier alpha value is -1.65. The van der Waals surface area contributed by atoms with Crippen LogP contribution in [0.15, 0.2) is 36.4 Å². The van der Waals surface area contributed by atoms with Gasteiger partial charge in [-0.2, -0.15) is 0 Å².